The molecule has 0 bridgehead atoms. The van der Waals surface area contributed by atoms with Gasteiger partial charge in [-0.15, -0.1) is 0 Å². The first-order valence-corrected chi connectivity index (χ1v) is 9.17. The van der Waals surface area contributed by atoms with Gasteiger partial charge in [-0.1, -0.05) is 30.3 Å². The van der Waals surface area contributed by atoms with E-state index in [9.17, 15) is 22.8 Å². The number of alkyl halides is 3. The summed E-state index contributed by atoms with van der Waals surface area (Å²) in [5.41, 5.74) is -0.115. The number of halogens is 3. The maximum Gasteiger partial charge on any atom is 0.416 e. The highest BCUT2D eigenvalue weighted by Crippen LogP contribution is 2.41. The highest BCUT2D eigenvalue weighted by molar-refractivity contribution is 5.96. The number of esters is 1. The van der Waals surface area contributed by atoms with E-state index < -0.39 is 29.5 Å². The summed E-state index contributed by atoms with van der Waals surface area (Å²) in [6.45, 7) is 1.41. The van der Waals surface area contributed by atoms with Crippen molar-refractivity contribution in [3.05, 3.63) is 76.5 Å². The van der Waals surface area contributed by atoms with Crippen LogP contribution in [0.4, 0.5) is 13.2 Å². The minimum Gasteiger partial charge on any atom is -0.497 e. The topological polar surface area (TPSA) is 64.6 Å². The van der Waals surface area contributed by atoms with Crippen molar-refractivity contribution in [2.75, 3.05) is 7.11 Å². The Morgan fingerprint density at radius 1 is 1.13 bits per heavy atom. The molecule has 0 saturated carbocycles. The summed E-state index contributed by atoms with van der Waals surface area (Å²) in [7, 11) is 1.53. The van der Waals surface area contributed by atoms with Gasteiger partial charge in [0.05, 0.1) is 18.2 Å². The molecule has 0 aliphatic carbocycles. The molecule has 8 heteroatoms. The Bertz CT molecular complexity index is 981. The van der Waals surface area contributed by atoms with Gasteiger partial charge in [-0.2, -0.15) is 13.2 Å². The van der Waals surface area contributed by atoms with E-state index in [1.165, 1.54) is 32.2 Å². The first-order chi connectivity index (χ1) is 14.2. The van der Waals surface area contributed by atoms with Gasteiger partial charge < -0.3 is 14.8 Å². The Morgan fingerprint density at radius 3 is 2.43 bits per heavy atom. The first kappa shape index (κ1) is 21.4. The molecule has 0 aromatic heterocycles. The molecule has 0 radical (unpaired) electrons. The normalized spacial score (nSPS) is 16.8. The Labute approximate surface area is 171 Å². The van der Waals surface area contributed by atoms with Crippen LogP contribution < -0.4 is 10.1 Å². The molecule has 1 aliphatic rings. The number of amides is 1. The molecule has 5 nitrogen and oxygen atoms in total. The Morgan fingerprint density at radius 2 is 1.80 bits per heavy atom. The molecular weight excluding hydrogens is 399 g/mol. The van der Waals surface area contributed by atoms with Gasteiger partial charge in [0.1, 0.15) is 12.4 Å². The van der Waals surface area contributed by atoms with E-state index >= 15 is 0 Å². The summed E-state index contributed by atoms with van der Waals surface area (Å²) in [6.07, 6.45) is -4.89. The van der Waals surface area contributed by atoms with Crippen LogP contribution in [-0.2, 0) is 27.1 Å². The lowest BCUT2D eigenvalue weighted by atomic mass is 9.82. The van der Waals surface area contributed by atoms with Crippen LogP contribution in [0, 0.1) is 0 Å². The summed E-state index contributed by atoms with van der Waals surface area (Å²) >= 11 is 0. The Balaban J connectivity index is 1.89. The van der Waals surface area contributed by atoms with E-state index in [2.05, 4.69) is 5.32 Å². The zero-order valence-electron chi connectivity index (χ0n) is 16.4. The summed E-state index contributed by atoms with van der Waals surface area (Å²) < 4.78 is 51.0. The van der Waals surface area contributed by atoms with Gasteiger partial charge in [0.25, 0.3) is 0 Å². The van der Waals surface area contributed by atoms with Crippen LogP contribution in [0.25, 0.3) is 0 Å². The average Bonchev–Trinajstić information content (AvgIpc) is 2.71. The maximum absolute atomic E-state index is 13.5. The fourth-order valence-corrected chi connectivity index (χ4v) is 3.44. The molecule has 1 N–H and O–H groups in total. The highest BCUT2D eigenvalue weighted by Gasteiger charge is 2.40. The van der Waals surface area contributed by atoms with E-state index in [1.54, 1.807) is 24.3 Å². The van der Waals surface area contributed by atoms with Crippen LogP contribution in [0.5, 0.6) is 5.75 Å². The summed E-state index contributed by atoms with van der Waals surface area (Å²) in [5.74, 6) is -1.64. The zero-order chi connectivity index (χ0) is 21.9. The van der Waals surface area contributed by atoms with Gasteiger partial charge in [0.15, 0.2) is 0 Å². The minimum atomic E-state index is -4.61. The number of ether oxygens (including phenoxy) is 2. The molecule has 1 heterocycles. The second-order valence-corrected chi connectivity index (χ2v) is 6.85. The van der Waals surface area contributed by atoms with E-state index in [-0.39, 0.29) is 29.9 Å². The summed E-state index contributed by atoms with van der Waals surface area (Å²) in [6, 6.07) is 11.8. The lowest BCUT2D eigenvalue weighted by molar-refractivity contribution is -0.142. The van der Waals surface area contributed by atoms with Crippen LogP contribution >= 0.6 is 0 Å². The number of benzene rings is 2. The number of carbonyl (C=O) groups is 2. The number of methoxy groups -OCH3 is 1. The molecule has 1 unspecified atom stereocenters. The molecule has 2 aromatic carbocycles. The van der Waals surface area contributed by atoms with Crippen LogP contribution in [0.15, 0.2) is 59.8 Å². The SMILES string of the molecule is COc1ccc(COC(=O)C2=C(C)NC(=O)CC2c2ccccc2C(F)(F)F)cc1. The molecule has 158 valence electrons. The molecule has 1 amide bonds. The molecule has 1 aliphatic heterocycles. The molecule has 3 rings (SSSR count). The van der Waals surface area contributed by atoms with Gasteiger partial charge in [0.2, 0.25) is 5.91 Å². The molecule has 1 atom stereocenters. The second kappa shape index (κ2) is 8.61. The fourth-order valence-electron chi connectivity index (χ4n) is 3.44. The third-order valence-electron chi connectivity index (χ3n) is 4.86. The number of rotatable bonds is 5. The quantitative estimate of drug-likeness (QED) is 0.733. The van der Waals surface area contributed by atoms with E-state index in [4.69, 9.17) is 9.47 Å². The maximum atomic E-state index is 13.5. The van der Waals surface area contributed by atoms with Crippen LogP contribution in [0.2, 0.25) is 0 Å². The standard InChI is InChI=1S/C22H20F3NO4/c1-13-20(21(28)30-12-14-7-9-15(29-2)10-8-14)17(11-19(27)26-13)16-5-3-4-6-18(16)22(23,24)25/h3-10,17H,11-12H2,1-2H3,(H,26,27). The van der Waals surface area contributed by atoms with Crippen LogP contribution in [0.3, 0.4) is 0 Å². The minimum absolute atomic E-state index is 0.0137. The van der Waals surface area contributed by atoms with Gasteiger partial charge in [-0.3, -0.25) is 4.79 Å². The fraction of sp³-hybridized carbons (Fsp3) is 0.273. The van der Waals surface area contributed by atoms with Crippen molar-refractivity contribution in [2.24, 2.45) is 0 Å². The predicted octanol–water partition coefficient (Wildman–Crippen LogP) is 4.33. The Kier molecular flexibility index (Phi) is 6.14. The van der Waals surface area contributed by atoms with Crippen molar-refractivity contribution < 1.29 is 32.2 Å². The average molecular weight is 419 g/mol. The van der Waals surface area contributed by atoms with Gasteiger partial charge in [0, 0.05) is 18.0 Å². The third-order valence-corrected chi connectivity index (χ3v) is 4.86. The van der Waals surface area contributed by atoms with Crippen molar-refractivity contribution in [3.8, 4) is 5.75 Å². The van der Waals surface area contributed by atoms with E-state index in [0.717, 1.165) is 6.07 Å². The predicted molar refractivity (Wildman–Crippen MR) is 102 cm³/mol. The molecule has 0 spiro atoms. The summed E-state index contributed by atoms with van der Waals surface area (Å²) in [4.78, 5) is 24.9. The monoisotopic (exact) mass is 419 g/mol. The number of allylic oxidation sites excluding steroid dienone is 1. The highest BCUT2D eigenvalue weighted by atomic mass is 19.4. The smallest absolute Gasteiger partial charge is 0.416 e. The number of carbonyl (C=O) groups excluding carboxylic acids is 2. The van der Waals surface area contributed by atoms with Crippen LogP contribution in [-0.4, -0.2) is 19.0 Å². The molecule has 0 fully saturated rings. The number of hydrogen-bond acceptors (Lipinski definition) is 4. The van der Waals surface area contributed by atoms with Crippen molar-refractivity contribution in [2.45, 2.75) is 32.0 Å². The van der Waals surface area contributed by atoms with Crippen molar-refractivity contribution >= 4 is 11.9 Å². The number of hydrogen-bond donors (Lipinski definition) is 1. The van der Waals surface area contributed by atoms with Crippen molar-refractivity contribution in [1.29, 1.82) is 0 Å². The van der Waals surface area contributed by atoms with Gasteiger partial charge in [-0.05, 0) is 36.2 Å². The van der Waals surface area contributed by atoms with Gasteiger partial charge in [-0.25, -0.2) is 4.79 Å². The molecule has 2 aromatic rings. The van der Waals surface area contributed by atoms with E-state index in [0.29, 0.717) is 11.3 Å². The molecule has 30 heavy (non-hydrogen) atoms. The lowest BCUT2D eigenvalue weighted by Crippen LogP contribution is -2.34. The van der Waals surface area contributed by atoms with Gasteiger partial charge >= 0.3 is 12.1 Å². The van der Waals surface area contributed by atoms with Crippen LogP contribution in [0.1, 0.15) is 36.0 Å². The third kappa shape index (κ3) is 4.64. The molecule has 0 saturated heterocycles. The van der Waals surface area contributed by atoms with Crippen molar-refractivity contribution in [3.63, 3.8) is 0 Å². The Hall–Kier alpha value is -3.29. The number of nitrogens with one attached hydrogen (secondary N) is 1. The van der Waals surface area contributed by atoms with Crippen molar-refractivity contribution in [1.82, 2.24) is 5.32 Å². The summed E-state index contributed by atoms with van der Waals surface area (Å²) in [5, 5.41) is 2.52. The second-order valence-electron chi connectivity index (χ2n) is 6.85. The zero-order valence-corrected chi connectivity index (χ0v) is 16.4. The largest absolute Gasteiger partial charge is 0.497 e. The lowest BCUT2D eigenvalue weighted by Gasteiger charge is -2.28. The van der Waals surface area contributed by atoms with E-state index in [1.807, 2.05) is 0 Å². The molecular formula is C22H20F3NO4. The first-order valence-electron chi connectivity index (χ1n) is 9.17.